The van der Waals surface area contributed by atoms with Crippen molar-refractivity contribution in [2.75, 3.05) is 6.54 Å². The fraction of sp³-hybridized carbons (Fsp3) is 0.300. The van der Waals surface area contributed by atoms with Gasteiger partial charge in [-0.05, 0) is 36.8 Å². The maximum absolute atomic E-state index is 10.8. The van der Waals surface area contributed by atoms with E-state index < -0.39 is 0 Å². The standard InChI is InChI=1S/C20H23NO2/c22-21(23)17-20(16-15-19-11-5-2-6-12-19)14-8-7-13-18-9-3-1-4-10-18/h1-6,8-12,14,20H,7,13,15-17H2/b14-8+/t20-/m1/s1. The minimum absolute atomic E-state index is 0.000907. The van der Waals surface area contributed by atoms with E-state index in [1.807, 2.05) is 42.5 Å². The number of aryl methyl sites for hydroxylation is 2. The van der Waals surface area contributed by atoms with Gasteiger partial charge in [-0.1, -0.05) is 72.8 Å². The van der Waals surface area contributed by atoms with Crippen molar-refractivity contribution in [3.8, 4) is 0 Å². The molecule has 3 nitrogen and oxygen atoms in total. The van der Waals surface area contributed by atoms with Crippen LogP contribution in [0.4, 0.5) is 0 Å². The van der Waals surface area contributed by atoms with Gasteiger partial charge in [-0.3, -0.25) is 10.1 Å². The van der Waals surface area contributed by atoms with Gasteiger partial charge in [0, 0.05) is 10.8 Å². The van der Waals surface area contributed by atoms with Crippen LogP contribution in [0.25, 0.3) is 0 Å². The average Bonchev–Trinajstić information content (AvgIpc) is 2.58. The highest BCUT2D eigenvalue weighted by Gasteiger charge is 2.12. The molecule has 0 radical (unpaired) electrons. The molecule has 0 bridgehead atoms. The Labute approximate surface area is 137 Å². The lowest BCUT2D eigenvalue weighted by Gasteiger charge is -2.08. The van der Waals surface area contributed by atoms with Crippen LogP contribution in [0.3, 0.4) is 0 Å². The van der Waals surface area contributed by atoms with Crippen LogP contribution in [-0.2, 0) is 12.8 Å². The quantitative estimate of drug-likeness (QED) is 0.383. The van der Waals surface area contributed by atoms with E-state index in [1.165, 1.54) is 11.1 Å². The van der Waals surface area contributed by atoms with Crippen LogP contribution < -0.4 is 0 Å². The van der Waals surface area contributed by atoms with Crippen LogP contribution >= 0.6 is 0 Å². The molecule has 0 saturated heterocycles. The Kier molecular flexibility index (Phi) is 7.05. The topological polar surface area (TPSA) is 43.1 Å². The second-order valence-corrected chi connectivity index (χ2v) is 5.75. The molecule has 0 amide bonds. The summed E-state index contributed by atoms with van der Waals surface area (Å²) in [4.78, 5) is 10.6. The SMILES string of the molecule is O=[N+]([O-])C[C@H](/C=C/CCc1ccccc1)CCc1ccccc1. The van der Waals surface area contributed by atoms with Crippen molar-refractivity contribution in [2.45, 2.75) is 25.7 Å². The summed E-state index contributed by atoms with van der Waals surface area (Å²) < 4.78 is 0. The van der Waals surface area contributed by atoms with Crippen molar-refractivity contribution in [1.82, 2.24) is 0 Å². The van der Waals surface area contributed by atoms with Crippen molar-refractivity contribution >= 4 is 0 Å². The van der Waals surface area contributed by atoms with Crippen LogP contribution in [0.1, 0.15) is 24.0 Å². The van der Waals surface area contributed by atoms with Crippen LogP contribution in [0, 0.1) is 16.0 Å². The Morgan fingerprint density at radius 1 is 0.913 bits per heavy atom. The zero-order chi connectivity index (χ0) is 16.3. The normalized spacial score (nSPS) is 12.3. The lowest BCUT2D eigenvalue weighted by Crippen LogP contribution is -2.13. The molecule has 0 N–H and O–H groups in total. The molecule has 0 fully saturated rings. The van der Waals surface area contributed by atoms with E-state index in [4.69, 9.17) is 0 Å². The van der Waals surface area contributed by atoms with Gasteiger partial charge in [0.25, 0.3) is 0 Å². The highest BCUT2D eigenvalue weighted by Crippen LogP contribution is 2.13. The Balaban J connectivity index is 1.82. The minimum atomic E-state index is -0.211. The highest BCUT2D eigenvalue weighted by atomic mass is 16.6. The van der Waals surface area contributed by atoms with Gasteiger partial charge in [-0.25, -0.2) is 0 Å². The Bertz CT molecular complexity index is 608. The Hall–Kier alpha value is -2.42. The van der Waals surface area contributed by atoms with Crippen LogP contribution in [0.5, 0.6) is 0 Å². The summed E-state index contributed by atoms with van der Waals surface area (Å²) in [6.45, 7) is 0.00860. The zero-order valence-corrected chi connectivity index (χ0v) is 13.3. The van der Waals surface area contributed by atoms with Gasteiger partial charge in [0.2, 0.25) is 6.54 Å². The summed E-state index contributed by atoms with van der Waals surface area (Å²) in [5.74, 6) is 0.000907. The number of hydrogen-bond donors (Lipinski definition) is 0. The second kappa shape index (κ2) is 9.57. The third-order valence-corrected chi connectivity index (χ3v) is 3.88. The molecule has 0 heterocycles. The monoisotopic (exact) mass is 309 g/mol. The number of nitrogens with zero attached hydrogens (tertiary/aromatic N) is 1. The average molecular weight is 309 g/mol. The number of hydrogen-bond acceptors (Lipinski definition) is 2. The van der Waals surface area contributed by atoms with Gasteiger partial charge in [-0.15, -0.1) is 0 Å². The third-order valence-electron chi connectivity index (χ3n) is 3.88. The molecule has 2 aromatic carbocycles. The summed E-state index contributed by atoms with van der Waals surface area (Å²) in [5.41, 5.74) is 2.53. The van der Waals surface area contributed by atoms with Gasteiger partial charge in [0.15, 0.2) is 0 Å². The molecule has 0 aliphatic heterocycles. The van der Waals surface area contributed by atoms with Gasteiger partial charge < -0.3 is 0 Å². The third kappa shape index (κ3) is 6.92. The van der Waals surface area contributed by atoms with E-state index in [2.05, 4.69) is 30.3 Å². The molecular weight excluding hydrogens is 286 g/mol. The van der Waals surface area contributed by atoms with Crippen molar-refractivity contribution in [3.63, 3.8) is 0 Å². The molecule has 2 aromatic rings. The zero-order valence-electron chi connectivity index (χ0n) is 13.3. The first-order valence-corrected chi connectivity index (χ1v) is 8.10. The molecule has 0 unspecified atom stereocenters. The van der Waals surface area contributed by atoms with Crippen molar-refractivity contribution in [3.05, 3.63) is 94.1 Å². The van der Waals surface area contributed by atoms with E-state index >= 15 is 0 Å². The first-order valence-electron chi connectivity index (χ1n) is 8.10. The van der Waals surface area contributed by atoms with Gasteiger partial charge in [-0.2, -0.15) is 0 Å². The van der Waals surface area contributed by atoms with Gasteiger partial charge in [0.05, 0.1) is 0 Å². The van der Waals surface area contributed by atoms with Crippen LogP contribution in [0.15, 0.2) is 72.8 Å². The predicted molar refractivity (Wildman–Crippen MR) is 94.0 cm³/mol. The second-order valence-electron chi connectivity index (χ2n) is 5.75. The highest BCUT2D eigenvalue weighted by molar-refractivity contribution is 5.16. The van der Waals surface area contributed by atoms with Crippen LogP contribution in [-0.4, -0.2) is 11.5 Å². The first-order chi connectivity index (χ1) is 11.2. The van der Waals surface area contributed by atoms with Crippen molar-refractivity contribution < 1.29 is 4.92 Å². The Morgan fingerprint density at radius 3 is 2.04 bits per heavy atom. The lowest BCUT2D eigenvalue weighted by atomic mass is 9.98. The molecule has 0 spiro atoms. The van der Waals surface area contributed by atoms with Crippen molar-refractivity contribution in [2.24, 2.45) is 5.92 Å². The van der Waals surface area contributed by atoms with E-state index in [0.717, 1.165) is 25.7 Å². The summed E-state index contributed by atoms with van der Waals surface area (Å²) in [6, 6.07) is 20.4. The molecule has 2 rings (SSSR count). The maximum Gasteiger partial charge on any atom is 0.210 e. The van der Waals surface area contributed by atoms with Crippen LogP contribution in [0.2, 0.25) is 0 Å². The number of allylic oxidation sites excluding steroid dienone is 1. The van der Waals surface area contributed by atoms with Crippen molar-refractivity contribution in [1.29, 1.82) is 0 Å². The fourth-order valence-corrected chi connectivity index (χ4v) is 2.62. The van der Waals surface area contributed by atoms with E-state index in [0.29, 0.717) is 0 Å². The molecule has 0 aliphatic carbocycles. The summed E-state index contributed by atoms with van der Waals surface area (Å²) >= 11 is 0. The largest absolute Gasteiger partial charge is 0.265 e. The molecule has 0 aromatic heterocycles. The van der Waals surface area contributed by atoms with E-state index in [9.17, 15) is 10.1 Å². The summed E-state index contributed by atoms with van der Waals surface area (Å²) in [5, 5.41) is 10.8. The fourth-order valence-electron chi connectivity index (χ4n) is 2.62. The molecule has 120 valence electrons. The smallest absolute Gasteiger partial charge is 0.210 e. The Morgan fingerprint density at radius 2 is 1.48 bits per heavy atom. The van der Waals surface area contributed by atoms with Gasteiger partial charge in [0.1, 0.15) is 0 Å². The number of benzene rings is 2. The lowest BCUT2D eigenvalue weighted by molar-refractivity contribution is -0.486. The van der Waals surface area contributed by atoms with Gasteiger partial charge >= 0.3 is 0 Å². The molecule has 0 saturated carbocycles. The predicted octanol–water partition coefficient (Wildman–Crippen LogP) is 4.70. The molecule has 1 atom stereocenters. The van der Waals surface area contributed by atoms with E-state index in [-0.39, 0.29) is 17.4 Å². The summed E-state index contributed by atoms with van der Waals surface area (Å²) in [7, 11) is 0. The minimum Gasteiger partial charge on any atom is -0.265 e. The molecule has 23 heavy (non-hydrogen) atoms. The van der Waals surface area contributed by atoms with E-state index in [1.54, 1.807) is 0 Å². The maximum atomic E-state index is 10.8. The first kappa shape index (κ1) is 16.9. The molecular formula is C20H23NO2. The number of rotatable bonds is 9. The molecule has 3 heteroatoms. The number of nitro groups is 1. The summed E-state index contributed by atoms with van der Waals surface area (Å²) in [6.07, 6.45) is 7.70. The molecule has 0 aliphatic rings.